The molecule has 0 aliphatic carbocycles. The summed E-state index contributed by atoms with van der Waals surface area (Å²) in [6.07, 6.45) is 0. The van der Waals surface area contributed by atoms with Gasteiger partial charge in [-0.05, 0) is 144 Å². The molecule has 0 fully saturated rings. The van der Waals surface area contributed by atoms with Gasteiger partial charge in [0.05, 0.1) is 11.4 Å². The summed E-state index contributed by atoms with van der Waals surface area (Å²) < 4.78 is 13.9. The van der Waals surface area contributed by atoms with Gasteiger partial charge in [0.1, 0.15) is 22.3 Å². The van der Waals surface area contributed by atoms with Crippen molar-refractivity contribution in [3.8, 4) is 89.0 Å². The van der Waals surface area contributed by atoms with Gasteiger partial charge in [-0.15, -0.1) is 0 Å². The van der Waals surface area contributed by atoms with E-state index in [1.807, 2.05) is 0 Å². The molecule has 0 unspecified atom stereocenters. The molecule has 0 spiro atoms. The monoisotopic (exact) mass is 1260 g/mol. The van der Waals surface area contributed by atoms with Crippen molar-refractivity contribution in [2.75, 3.05) is 9.80 Å². The molecule has 0 bridgehead atoms. The number of fused-ring (bicyclic) bond motifs is 10. The number of hydrogen-bond donors (Lipinski definition) is 0. The second-order valence-electron chi connectivity index (χ2n) is 27.4. The van der Waals surface area contributed by atoms with Gasteiger partial charge in [0.25, 0.3) is 6.71 Å². The van der Waals surface area contributed by atoms with Crippen LogP contribution in [0.1, 0.15) is 26.3 Å². The Kier molecular flexibility index (Phi) is 13.6. The van der Waals surface area contributed by atoms with Crippen LogP contribution in [0, 0.1) is 0 Å². The third-order valence-corrected chi connectivity index (χ3v) is 20.6. The number of benzene rings is 15. The zero-order valence-electron chi connectivity index (χ0n) is 55.1. The maximum Gasteiger partial charge on any atom is 0.252 e. The molecule has 17 aromatic rings. The number of nitrogens with zero attached hydrogens (tertiary/aromatic N) is 2. The van der Waals surface area contributed by atoms with E-state index < -0.39 is 0 Å². The third kappa shape index (κ3) is 9.59. The van der Waals surface area contributed by atoms with E-state index in [1.165, 1.54) is 22.0 Å². The van der Waals surface area contributed by atoms with E-state index in [1.54, 1.807) is 0 Å². The third-order valence-electron chi connectivity index (χ3n) is 20.6. The Morgan fingerprint density at radius 2 is 0.576 bits per heavy atom. The maximum atomic E-state index is 6.93. The molecule has 4 nitrogen and oxygen atoms in total. The minimum Gasteiger partial charge on any atom is -0.455 e. The fourth-order valence-corrected chi connectivity index (χ4v) is 15.9. The predicted octanol–water partition coefficient (Wildman–Crippen LogP) is 24.2. The van der Waals surface area contributed by atoms with E-state index in [4.69, 9.17) is 8.83 Å². The second kappa shape index (κ2) is 23.2. The molecule has 15 aromatic carbocycles. The standard InChI is InChI=1S/C94H65BN2O2/c1-94(2,3)70-58-85-89-86(59-70)97(91-79(64-36-18-8-19-37-64)54-69(55-80(91)65-38-20-9-21-39-65)72-43-27-45-76-74-41-23-25-47-88(74)99-93(72)76)84-51-49-67(61-30-12-5-13-31-61)57-82(84)95(89)81-56-66(60-28-10-4-11-29-60)48-50-83(81)96(85)90-77(62-32-14-6-15-33-62)52-68(53-78(90)63-34-16-7-17-35-63)71-42-26-44-75-73-40-22-24-46-87(73)98-92(71)75/h4-59H,1-3H3. The van der Waals surface area contributed by atoms with E-state index in [-0.39, 0.29) is 12.1 Å². The summed E-state index contributed by atoms with van der Waals surface area (Å²) >= 11 is 0. The van der Waals surface area contributed by atoms with E-state index in [2.05, 4.69) is 370 Å². The van der Waals surface area contributed by atoms with Gasteiger partial charge in [-0.2, -0.15) is 0 Å². The molecule has 19 rings (SSSR count). The molecule has 2 aliphatic rings. The molecule has 0 amide bonds. The first-order valence-electron chi connectivity index (χ1n) is 34.3. The van der Waals surface area contributed by atoms with Crippen molar-refractivity contribution in [1.29, 1.82) is 0 Å². The first kappa shape index (κ1) is 58.0. The fourth-order valence-electron chi connectivity index (χ4n) is 15.9. The van der Waals surface area contributed by atoms with Gasteiger partial charge in [0, 0.05) is 77.7 Å². The van der Waals surface area contributed by atoms with Gasteiger partial charge in [-0.3, -0.25) is 0 Å². The summed E-state index contributed by atoms with van der Waals surface area (Å²) in [5.74, 6) is 0. The van der Waals surface area contributed by atoms with Gasteiger partial charge in [0.2, 0.25) is 0 Å². The van der Waals surface area contributed by atoms with Gasteiger partial charge < -0.3 is 18.6 Å². The lowest BCUT2D eigenvalue weighted by Gasteiger charge is -2.46. The van der Waals surface area contributed by atoms with Crippen LogP contribution in [0.4, 0.5) is 34.1 Å². The van der Waals surface area contributed by atoms with Crippen molar-refractivity contribution >= 4 is 101 Å². The van der Waals surface area contributed by atoms with E-state index in [0.717, 1.165) is 167 Å². The van der Waals surface area contributed by atoms with Crippen molar-refractivity contribution in [1.82, 2.24) is 0 Å². The molecule has 466 valence electrons. The highest BCUT2D eigenvalue weighted by Gasteiger charge is 2.46. The summed E-state index contributed by atoms with van der Waals surface area (Å²) in [6, 6.07) is 125. The van der Waals surface area contributed by atoms with Gasteiger partial charge >= 0.3 is 0 Å². The Bertz CT molecular complexity index is 5530. The SMILES string of the molecule is CC(C)(C)c1cc2c3c(c1)N(c1c(-c4ccccc4)cc(-c4cccc5c4oc4ccccc45)cc1-c1ccccc1)c1ccc(-c4ccccc4)cc1B3c1cc(-c3ccccc3)ccc1N2c1c(-c2ccccc2)cc(-c2cccc3c2oc2ccccc23)cc1-c1ccccc1. The lowest BCUT2D eigenvalue weighted by Crippen LogP contribution is -2.61. The molecule has 2 aromatic heterocycles. The minimum absolute atomic E-state index is 0.246. The zero-order valence-corrected chi connectivity index (χ0v) is 55.1. The van der Waals surface area contributed by atoms with Crippen LogP contribution < -0.4 is 26.2 Å². The average molecular weight is 1270 g/mol. The molecule has 99 heavy (non-hydrogen) atoms. The second-order valence-corrected chi connectivity index (χ2v) is 27.4. The molecular formula is C94H65BN2O2. The highest BCUT2D eigenvalue weighted by Crippen LogP contribution is 2.56. The molecule has 0 N–H and O–H groups in total. The van der Waals surface area contributed by atoms with Crippen molar-refractivity contribution in [3.05, 3.63) is 345 Å². The summed E-state index contributed by atoms with van der Waals surface area (Å²) in [4.78, 5) is 5.34. The first-order chi connectivity index (χ1) is 48.8. The van der Waals surface area contributed by atoms with Gasteiger partial charge in [0.15, 0.2) is 0 Å². The van der Waals surface area contributed by atoms with Crippen LogP contribution in [0.25, 0.3) is 133 Å². The number of rotatable bonds is 10. The van der Waals surface area contributed by atoms with Crippen LogP contribution >= 0.6 is 0 Å². The highest BCUT2D eigenvalue weighted by atomic mass is 16.3. The maximum absolute atomic E-state index is 6.93. The molecule has 0 atom stereocenters. The molecule has 0 radical (unpaired) electrons. The normalized spacial score (nSPS) is 12.5. The van der Waals surface area contributed by atoms with Crippen molar-refractivity contribution in [2.45, 2.75) is 26.2 Å². The summed E-state index contributed by atoms with van der Waals surface area (Å²) in [5, 5.41) is 4.39. The van der Waals surface area contributed by atoms with Gasteiger partial charge in [-0.25, -0.2) is 0 Å². The largest absolute Gasteiger partial charge is 0.455 e. The predicted molar refractivity (Wildman–Crippen MR) is 417 cm³/mol. The lowest BCUT2D eigenvalue weighted by molar-refractivity contribution is 0.590. The van der Waals surface area contributed by atoms with Crippen LogP contribution in [-0.2, 0) is 5.41 Å². The van der Waals surface area contributed by atoms with Crippen molar-refractivity contribution in [2.24, 2.45) is 0 Å². The molecule has 0 saturated carbocycles. The van der Waals surface area contributed by atoms with Crippen LogP contribution in [0.2, 0.25) is 0 Å². The molecule has 4 heterocycles. The highest BCUT2D eigenvalue weighted by molar-refractivity contribution is 7.00. The van der Waals surface area contributed by atoms with Crippen molar-refractivity contribution in [3.63, 3.8) is 0 Å². The lowest BCUT2D eigenvalue weighted by atomic mass is 9.33. The summed E-state index contributed by atoms with van der Waals surface area (Å²) in [6.45, 7) is 6.87. The topological polar surface area (TPSA) is 32.8 Å². The summed E-state index contributed by atoms with van der Waals surface area (Å²) in [7, 11) is 0. The smallest absolute Gasteiger partial charge is 0.252 e. The Morgan fingerprint density at radius 3 is 0.929 bits per heavy atom. The Labute approximate surface area is 576 Å². The number of furan rings is 2. The zero-order chi connectivity index (χ0) is 65.9. The van der Waals surface area contributed by atoms with Crippen LogP contribution in [0.5, 0.6) is 0 Å². The molecule has 5 heteroatoms. The summed E-state index contributed by atoms with van der Waals surface area (Å²) in [5.41, 5.74) is 32.3. The van der Waals surface area contributed by atoms with Gasteiger partial charge in [-0.1, -0.05) is 300 Å². The molecule has 0 saturated heterocycles. The average Bonchev–Trinajstić information content (AvgIpc) is 1.52. The van der Waals surface area contributed by atoms with E-state index in [9.17, 15) is 0 Å². The fraction of sp³-hybridized carbons (Fsp3) is 0.0426. The first-order valence-corrected chi connectivity index (χ1v) is 34.3. The number of anilines is 6. The Balaban J connectivity index is 0.970. The number of hydrogen-bond acceptors (Lipinski definition) is 4. The quantitative estimate of drug-likeness (QED) is 0.128. The van der Waals surface area contributed by atoms with E-state index >= 15 is 0 Å². The minimum atomic E-state index is -0.327. The number of para-hydroxylation sites is 4. The van der Waals surface area contributed by atoms with Crippen LogP contribution in [0.3, 0.4) is 0 Å². The van der Waals surface area contributed by atoms with Crippen LogP contribution in [-0.4, -0.2) is 6.71 Å². The van der Waals surface area contributed by atoms with Crippen molar-refractivity contribution < 1.29 is 8.83 Å². The van der Waals surface area contributed by atoms with Crippen LogP contribution in [0.15, 0.2) is 349 Å². The Hall–Kier alpha value is -12.4. The molecule has 2 aliphatic heterocycles. The molecular weight excluding hydrogens is 1200 g/mol. The van der Waals surface area contributed by atoms with E-state index in [0.29, 0.717) is 0 Å². The Morgan fingerprint density at radius 1 is 0.253 bits per heavy atom.